The van der Waals surface area contributed by atoms with Gasteiger partial charge in [0.2, 0.25) is 0 Å². The Balaban J connectivity index is 3.52. The third-order valence-electron chi connectivity index (χ3n) is 2.23. The van der Waals surface area contributed by atoms with Crippen LogP contribution in [0.2, 0.25) is 0 Å². The van der Waals surface area contributed by atoms with Gasteiger partial charge >= 0.3 is 0 Å². The number of carbonyl (C=O) groups excluding carboxylic acids is 2. The topological polar surface area (TPSA) is 98.2 Å². The molecule has 0 bridgehead atoms. The summed E-state index contributed by atoms with van der Waals surface area (Å²) in [7, 11) is 0. The van der Waals surface area contributed by atoms with Crippen molar-refractivity contribution in [2.45, 2.75) is 0 Å². The summed E-state index contributed by atoms with van der Waals surface area (Å²) in [5.41, 5.74) is 12.3. The molecule has 102 valence electrons. The first-order valence-electron chi connectivity index (χ1n) is 4.97. The summed E-state index contributed by atoms with van der Waals surface area (Å²) in [4.78, 5) is 23.6. The number of benzene rings is 1. The molecule has 0 aliphatic carbocycles. The van der Waals surface area contributed by atoms with E-state index >= 15 is 0 Å². The number of carbonyl (C=O) groups is 2. The van der Waals surface area contributed by atoms with Crippen molar-refractivity contribution in [1.82, 2.24) is 5.32 Å². The van der Waals surface area contributed by atoms with Crippen molar-refractivity contribution >= 4 is 85.3 Å². The van der Waals surface area contributed by atoms with Gasteiger partial charge in [-0.05, 0) is 67.8 Å². The van der Waals surface area contributed by atoms with Gasteiger partial charge in [0, 0.05) is 10.1 Å². The van der Waals surface area contributed by atoms with E-state index in [0.29, 0.717) is 28.5 Å². The lowest BCUT2D eigenvalue weighted by Crippen LogP contribution is -2.28. The van der Waals surface area contributed by atoms with Crippen LogP contribution >= 0.6 is 67.8 Å². The van der Waals surface area contributed by atoms with Crippen molar-refractivity contribution in [3.63, 3.8) is 0 Å². The maximum Gasteiger partial charge on any atom is 0.253 e. The minimum absolute atomic E-state index is 0.280. The van der Waals surface area contributed by atoms with Crippen LogP contribution in [-0.2, 0) is 0 Å². The molecule has 0 radical (unpaired) electrons. The predicted molar refractivity (Wildman–Crippen MR) is 100 cm³/mol. The molecule has 0 saturated carbocycles. The monoisotopic (exact) mass is 597 g/mol. The van der Waals surface area contributed by atoms with Gasteiger partial charge in [-0.1, -0.05) is 6.08 Å². The lowest BCUT2D eigenvalue weighted by atomic mass is 10.1. The van der Waals surface area contributed by atoms with Gasteiger partial charge in [-0.15, -0.1) is 6.58 Å². The van der Waals surface area contributed by atoms with Crippen molar-refractivity contribution in [2.24, 2.45) is 5.73 Å². The number of amides is 2. The minimum Gasteiger partial charge on any atom is -0.397 e. The summed E-state index contributed by atoms with van der Waals surface area (Å²) < 4.78 is 1.69. The Morgan fingerprint density at radius 1 is 1.16 bits per heavy atom. The Morgan fingerprint density at radius 2 is 1.68 bits per heavy atom. The van der Waals surface area contributed by atoms with Gasteiger partial charge in [0.25, 0.3) is 11.8 Å². The molecule has 0 heterocycles. The number of nitrogens with one attached hydrogen (secondary N) is 1. The molecule has 0 aliphatic rings. The molecule has 0 aromatic heterocycles. The highest BCUT2D eigenvalue weighted by atomic mass is 127. The van der Waals surface area contributed by atoms with Crippen LogP contribution in [0.4, 0.5) is 5.69 Å². The molecule has 1 rings (SSSR count). The van der Waals surface area contributed by atoms with E-state index < -0.39 is 5.91 Å². The van der Waals surface area contributed by atoms with Crippen LogP contribution in [0.15, 0.2) is 12.7 Å². The van der Waals surface area contributed by atoms with Gasteiger partial charge in [-0.3, -0.25) is 9.59 Å². The van der Waals surface area contributed by atoms with Gasteiger partial charge in [-0.25, -0.2) is 0 Å². The SMILES string of the molecule is C=CCNC(=O)c1c(I)c(N)c(I)c(C(N)=O)c1I. The molecule has 0 spiro atoms. The zero-order valence-corrected chi connectivity index (χ0v) is 16.1. The van der Waals surface area contributed by atoms with E-state index in [9.17, 15) is 9.59 Å². The maximum absolute atomic E-state index is 12.1. The maximum atomic E-state index is 12.1. The predicted octanol–water partition coefficient (Wildman–Crippen LogP) is 2.10. The van der Waals surface area contributed by atoms with Crippen molar-refractivity contribution in [3.8, 4) is 0 Å². The summed E-state index contributed by atoms with van der Waals surface area (Å²) in [6, 6.07) is 0. The molecule has 0 saturated heterocycles. The highest BCUT2D eigenvalue weighted by molar-refractivity contribution is 14.1. The van der Waals surface area contributed by atoms with Crippen molar-refractivity contribution < 1.29 is 9.59 Å². The van der Waals surface area contributed by atoms with Gasteiger partial charge < -0.3 is 16.8 Å². The summed E-state index contributed by atoms with van der Waals surface area (Å²) in [5, 5.41) is 2.67. The smallest absolute Gasteiger partial charge is 0.253 e. The fraction of sp³-hybridized carbons (Fsp3) is 0.0909. The minimum atomic E-state index is -0.602. The highest BCUT2D eigenvalue weighted by Crippen LogP contribution is 2.33. The number of hydrogen-bond acceptors (Lipinski definition) is 3. The normalized spacial score (nSPS) is 10.1. The summed E-state index contributed by atoms with van der Waals surface area (Å²) in [6.45, 7) is 3.87. The Morgan fingerprint density at radius 3 is 2.16 bits per heavy atom. The Labute approximate surface area is 151 Å². The molecule has 19 heavy (non-hydrogen) atoms. The third kappa shape index (κ3) is 3.51. The molecule has 0 unspecified atom stereocenters. The van der Waals surface area contributed by atoms with E-state index in [-0.39, 0.29) is 11.5 Å². The van der Waals surface area contributed by atoms with E-state index in [2.05, 4.69) is 11.9 Å². The number of hydrogen-bond donors (Lipinski definition) is 3. The molecule has 2 amide bonds. The second-order valence-corrected chi connectivity index (χ2v) is 6.70. The quantitative estimate of drug-likeness (QED) is 0.282. The van der Waals surface area contributed by atoms with E-state index in [0.717, 1.165) is 0 Å². The first-order valence-corrected chi connectivity index (χ1v) is 8.21. The zero-order valence-electron chi connectivity index (χ0n) is 9.60. The number of primary amides is 1. The van der Waals surface area contributed by atoms with Crippen molar-refractivity contribution in [2.75, 3.05) is 12.3 Å². The summed E-state index contributed by atoms with van der Waals surface area (Å²) in [6.07, 6.45) is 1.57. The number of nitrogen functional groups attached to an aromatic ring is 1. The van der Waals surface area contributed by atoms with Crippen LogP contribution in [0.3, 0.4) is 0 Å². The highest BCUT2D eigenvalue weighted by Gasteiger charge is 2.25. The Bertz CT molecular complexity index is 573. The largest absolute Gasteiger partial charge is 0.397 e. The van der Waals surface area contributed by atoms with E-state index in [1.54, 1.807) is 6.08 Å². The Hall–Kier alpha value is -0.110. The molecule has 0 fully saturated rings. The molecule has 5 N–H and O–H groups in total. The van der Waals surface area contributed by atoms with Crippen molar-refractivity contribution in [3.05, 3.63) is 34.5 Å². The fourth-order valence-corrected chi connectivity index (χ4v) is 5.54. The molecular formula is C11H10I3N3O2. The lowest BCUT2D eigenvalue weighted by Gasteiger charge is -2.15. The van der Waals surface area contributed by atoms with Crippen molar-refractivity contribution in [1.29, 1.82) is 0 Å². The van der Waals surface area contributed by atoms with E-state index in [1.807, 2.05) is 67.8 Å². The van der Waals surface area contributed by atoms with E-state index in [1.165, 1.54) is 0 Å². The molecule has 1 aromatic carbocycles. The van der Waals surface area contributed by atoms with Crippen LogP contribution in [-0.4, -0.2) is 18.4 Å². The first-order chi connectivity index (χ1) is 8.82. The van der Waals surface area contributed by atoms with Crippen LogP contribution in [0.25, 0.3) is 0 Å². The average molecular weight is 597 g/mol. The second kappa shape index (κ2) is 7.06. The first kappa shape index (κ1) is 16.9. The summed E-state index contributed by atoms with van der Waals surface area (Å²) in [5.74, 6) is -0.908. The third-order valence-corrected chi connectivity index (χ3v) is 5.55. The number of nitrogens with two attached hydrogens (primary N) is 2. The van der Waals surface area contributed by atoms with E-state index in [4.69, 9.17) is 11.5 Å². The molecule has 1 aromatic rings. The van der Waals surface area contributed by atoms with Crippen LogP contribution in [0, 0.1) is 10.7 Å². The Kier molecular flexibility index (Phi) is 6.29. The van der Waals surface area contributed by atoms with Gasteiger partial charge in [0.1, 0.15) is 0 Å². The molecule has 0 atom stereocenters. The zero-order chi connectivity index (χ0) is 14.7. The average Bonchev–Trinajstić information content (AvgIpc) is 2.33. The lowest BCUT2D eigenvalue weighted by molar-refractivity contribution is 0.0956. The summed E-state index contributed by atoms with van der Waals surface area (Å²) >= 11 is 5.89. The molecule has 5 nitrogen and oxygen atoms in total. The fourth-order valence-electron chi connectivity index (χ4n) is 1.35. The number of halogens is 3. The molecule has 0 aliphatic heterocycles. The number of rotatable bonds is 4. The number of anilines is 1. The molecular weight excluding hydrogens is 587 g/mol. The van der Waals surface area contributed by atoms with Gasteiger partial charge in [0.05, 0.1) is 24.0 Å². The molecule has 8 heteroatoms. The van der Waals surface area contributed by atoms with Crippen LogP contribution in [0.5, 0.6) is 0 Å². The van der Waals surface area contributed by atoms with Gasteiger partial charge in [-0.2, -0.15) is 0 Å². The second-order valence-electron chi connectivity index (χ2n) is 3.47. The van der Waals surface area contributed by atoms with Crippen LogP contribution < -0.4 is 16.8 Å². The standard InChI is InChI=1S/C11H10I3N3O2/c1-2-3-17-11(19)5-6(12)4(10(16)18)7(13)9(15)8(5)14/h2H,1,3,15H2,(H2,16,18)(H,17,19). The van der Waals surface area contributed by atoms with Gasteiger partial charge in [0.15, 0.2) is 0 Å². The van der Waals surface area contributed by atoms with Crippen LogP contribution in [0.1, 0.15) is 20.7 Å².